The van der Waals surface area contributed by atoms with Crippen LogP contribution in [0.4, 0.5) is 13.2 Å². The Morgan fingerprint density at radius 3 is 2.79 bits per heavy atom. The van der Waals surface area contributed by atoms with Crippen molar-refractivity contribution in [2.75, 3.05) is 13.7 Å². The number of nitrogens with two attached hydrogens (primary N) is 1. The molecule has 0 amide bonds. The smallest absolute Gasteiger partial charge is 0.385 e. The SMILES string of the molecule is COCCCC(N)c1nn2c(C(F)(F)F)nnc2s1. The van der Waals surface area contributed by atoms with Gasteiger partial charge in [0.15, 0.2) is 0 Å². The summed E-state index contributed by atoms with van der Waals surface area (Å²) < 4.78 is 43.4. The number of alkyl halides is 3. The molecule has 2 rings (SSSR count). The van der Waals surface area contributed by atoms with Crippen LogP contribution in [0.5, 0.6) is 0 Å². The first-order chi connectivity index (χ1) is 8.93. The van der Waals surface area contributed by atoms with Crippen molar-refractivity contribution in [1.82, 2.24) is 19.8 Å². The molecule has 0 saturated heterocycles. The fraction of sp³-hybridized carbons (Fsp3) is 0.667. The molecule has 0 radical (unpaired) electrons. The minimum absolute atomic E-state index is 0.0875. The van der Waals surface area contributed by atoms with Gasteiger partial charge in [-0.15, -0.1) is 10.2 Å². The molecule has 0 spiro atoms. The van der Waals surface area contributed by atoms with Gasteiger partial charge in [-0.25, -0.2) is 0 Å². The van der Waals surface area contributed by atoms with Gasteiger partial charge in [0.2, 0.25) is 4.96 Å². The number of fused-ring (bicyclic) bond motifs is 1. The Balaban J connectivity index is 2.20. The fourth-order valence-corrected chi connectivity index (χ4v) is 2.40. The Labute approximate surface area is 110 Å². The standard InChI is InChI=1S/C9H12F3N5OS/c1-18-4-2-3-5(13)6-16-17-7(9(10,11)12)14-15-8(17)19-6/h5H,2-4,13H2,1H3. The van der Waals surface area contributed by atoms with E-state index in [1.54, 1.807) is 7.11 Å². The van der Waals surface area contributed by atoms with Crippen LogP contribution >= 0.6 is 11.3 Å². The second-order valence-electron chi connectivity index (χ2n) is 3.90. The van der Waals surface area contributed by atoms with Gasteiger partial charge in [0, 0.05) is 13.7 Å². The number of hydrogen-bond donors (Lipinski definition) is 1. The minimum atomic E-state index is -4.58. The van der Waals surface area contributed by atoms with Gasteiger partial charge in [-0.05, 0) is 12.8 Å². The molecule has 0 saturated carbocycles. The molecular formula is C9H12F3N5OS. The Morgan fingerprint density at radius 1 is 1.42 bits per heavy atom. The Hall–Kier alpha value is -1.26. The van der Waals surface area contributed by atoms with Crippen LogP contribution in [0.25, 0.3) is 4.96 Å². The normalized spacial score (nSPS) is 14.2. The lowest BCUT2D eigenvalue weighted by Gasteiger charge is -2.06. The van der Waals surface area contributed by atoms with Gasteiger partial charge in [-0.3, -0.25) is 0 Å². The second kappa shape index (κ2) is 5.39. The van der Waals surface area contributed by atoms with E-state index in [0.717, 1.165) is 11.3 Å². The lowest BCUT2D eigenvalue weighted by atomic mass is 10.2. The van der Waals surface area contributed by atoms with Crippen LogP contribution < -0.4 is 5.73 Å². The van der Waals surface area contributed by atoms with Crippen molar-refractivity contribution in [1.29, 1.82) is 0 Å². The largest absolute Gasteiger partial charge is 0.453 e. The number of rotatable bonds is 5. The van der Waals surface area contributed by atoms with Gasteiger partial charge in [-0.2, -0.15) is 22.8 Å². The highest BCUT2D eigenvalue weighted by Crippen LogP contribution is 2.30. The molecule has 1 unspecified atom stereocenters. The summed E-state index contributed by atoms with van der Waals surface area (Å²) in [4.78, 5) is 0.0875. The predicted octanol–water partition coefficient (Wildman–Crippen LogP) is 1.63. The molecule has 10 heteroatoms. The van der Waals surface area contributed by atoms with Gasteiger partial charge in [-0.1, -0.05) is 11.3 Å². The summed E-state index contributed by atoms with van der Waals surface area (Å²) in [6.45, 7) is 0.547. The Bertz CT molecular complexity index is 552. The summed E-state index contributed by atoms with van der Waals surface area (Å²) in [5.41, 5.74) is 5.87. The van der Waals surface area contributed by atoms with Crippen LogP contribution in [0.2, 0.25) is 0 Å². The third-order valence-corrected chi connectivity index (χ3v) is 3.47. The molecule has 0 aliphatic carbocycles. The van der Waals surface area contributed by atoms with Crippen molar-refractivity contribution >= 4 is 16.3 Å². The van der Waals surface area contributed by atoms with E-state index in [4.69, 9.17) is 10.5 Å². The number of methoxy groups -OCH3 is 1. The first-order valence-electron chi connectivity index (χ1n) is 5.47. The first-order valence-corrected chi connectivity index (χ1v) is 6.29. The first kappa shape index (κ1) is 14.2. The fourth-order valence-electron chi connectivity index (χ4n) is 1.53. The van der Waals surface area contributed by atoms with Gasteiger partial charge < -0.3 is 10.5 Å². The van der Waals surface area contributed by atoms with E-state index in [1.807, 2.05) is 0 Å². The summed E-state index contributed by atoms with van der Waals surface area (Å²) in [6, 6.07) is -0.428. The van der Waals surface area contributed by atoms with E-state index >= 15 is 0 Å². The van der Waals surface area contributed by atoms with Crippen LogP contribution in [0, 0.1) is 0 Å². The highest BCUT2D eigenvalue weighted by Gasteiger charge is 2.38. The zero-order valence-corrected chi connectivity index (χ0v) is 10.8. The van der Waals surface area contributed by atoms with Gasteiger partial charge in [0.25, 0.3) is 5.82 Å². The van der Waals surface area contributed by atoms with Crippen molar-refractivity contribution in [2.24, 2.45) is 5.73 Å². The van der Waals surface area contributed by atoms with Crippen LogP contribution in [0.3, 0.4) is 0 Å². The average Bonchev–Trinajstić information content (AvgIpc) is 2.86. The van der Waals surface area contributed by atoms with Gasteiger partial charge in [0.1, 0.15) is 5.01 Å². The summed E-state index contributed by atoms with van der Waals surface area (Å²) in [7, 11) is 1.57. The number of aromatic nitrogens is 4. The van der Waals surface area contributed by atoms with Crippen molar-refractivity contribution in [3.8, 4) is 0 Å². The predicted molar refractivity (Wildman–Crippen MR) is 61.7 cm³/mol. The molecule has 19 heavy (non-hydrogen) atoms. The summed E-state index contributed by atoms with van der Waals surface area (Å²) >= 11 is 1.01. The number of ether oxygens (including phenoxy) is 1. The molecule has 2 aromatic rings. The highest BCUT2D eigenvalue weighted by molar-refractivity contribution is 7.16. The summed E-state index contributed by atoms with van der Waals surface area (Å²) in [6.07, 6.45) is -3.28. The van der Waals surface area contributed by atoms with Crippen LogP contribution in [-0.2, 0) is 10.9 Å². The molecule has 0 aromatic carbocycles. The molecule has 1 atom stereocenters. The maximum absolute atomic E-state index is 12.6. The molecular weight excluding hydrogens is 283 g/mol. The third kappa shape index (κ3) is 3.01. The van der Waals surface area contributed by atoms with E-state index < -0.39 is 18.0 Å². The maximum atomic E-state index is 12.6. The number of nitrogens with zero attached hydrogens (tertiary/aromatic N) is 4. The molecule has 106 valence electrons. The minimum Gasteiger partial charge on any atom is -0.385 e. The molecule has 0 fully saturated rings. The Morgan fingerprint density at radius 2 is 2.16 bits per heavy atom. The lowest BCUT2D eigenvalue weighted by molar-refractivity contribution is -0.146. The van der Waals surface area contributed by atoms with E-state index in [2.05, 4.69) is 15.3 Å². The molecule has 2 N–H and O–H groups in total. The van der Waals surface area contributed by atoms with Crippen molar-refractivity contribution < 1.29 is 17.9 Å². The van der Waals surface area contributed by atoms with Gasteiger partial charge >= 0.3 is 6.18 Å². The van der Waals surface area contributed by atoms with Crippen LogP contribution in [0.1, 0.15) is 29.7 Å². The van der Waals surface area contributed by atoms with Crippen LogP contribution in [0.15, 0.2) is 0 Å². The summed E-state index contributed by atoms with van der Waals surface area (Å²) in [5, 5.41) is 10.8. The van der Waals surface area contributed by atoms with Crippen molar-refractivity contribution in [2.45, 2.75) is 25.1 Å². The van der Waals surface area contributed by atoms with E-state index in [0.29, 0.717) is 29.0 Å². The molecule has 0 aliphatic rings. The monoisotopic (exact) mass is 295 g/mol. The zero-order chi connectivity index (χ0) is 14.0. The lowest BCUT2D eigenvalue weighted by Crippen LogP contribution is -2.14. The molecule has 2 heterocycles. The molecule has 0 aliphatic heterocycles. The molecule has 2 aromatic heterocycles. The third-order valence-electron chi connectivity index (χ3n) is 2.44. The highest BCUT2D eigenvalue weighted by atomic mass is 32.1. The Kier molecular flexibility index (Phi) is 4.02. The van der Waals surface area contributed by atoms with Gasteiger partial charge in [0.05, 0.1) is 6.04 Å². The molecule has 6 nitrogen and oxygen atoms in total. The summed E-state index contributed by atoms with van der Waals surface area (Å²) in [5.74, 6) is -1.13. The molecule has 0 bridgehead atoms. The van der Waals surface area contributed by atoms with E-state index in [1.165, 1.54) is 0 Å². The van der Waals surface area contributed by atoms with Crippen LogP contribution in [-0.4, -0.2) is 33.5 Å². The maximum Gasteiger partial charge on any atom is 0.453 e. The van der Waals surface area contributed by atoms with E-state index in [-0.39, 0.29) is 4.96 Å². The zero-order valence-electron chi connectivity index (χ0n) is 10.0. The topological polar surface area (TPSA) is 78.3 Å². The number of hydrogen-bond acceptors (Lipinski definition) is 6. The van der Waals surface area contributed by atoms with Crippen molar-refractivity contribution in [3.05, 3.63) is 10.8 Å². The quantitative estimate of drug-likeness (QED) is 0.848. The second-order valence-corrected chi connectivity index (χ2v) is 4.89. The number of halogens is 3. The van der Waals surface area contributed by atoms with E-state index in [9.17, 15) is 13.2 Å². The average molecular weight is 295 g/mol. The van der Waals surface area contributed by atoms with Crippen molar-refractivity contribution in [3.63, 3.8) is 0 Å².